The van der Waals surface area contributed by atoms with Gasteiger partial charge in [0.15, 0.2) is 0 Å². The third-order valence-electron chi connectivity index (χ3n) is 2.10. The zero-order chi connectivity index (χ0) is 8.55. The largest absolute Gasteiger partial charge is 0.369 e. The molecule has 1 aliphatic rings. The van der Waals surface area contributed by atoms with Gasteiger partial charge in [0, 0.05) is 18.5 Å². The molecule has 0 radical (unpaired) electrons. The molecule has 1 aromatic carbocycles. The second-order valence-corrected chi connectivity index (χ2v) is 3.48. The predicted molar refractivity (Wildman–Crippen MR) is 56.0 cm³/mol. The van der Waals surface area contributed by atoms with Crippen LogP contribution in [0.4, 0.5) is 5.69 Å². The minimum atomic E-state index is 0.977. The summed E-state index contributed by atoms with van der Waals surface area (Å²) in [5, 5.41) is 0. The van der Waals surface area contributed by atoms with Gasteiger partial charge < -0.3 is 4.90 Å². The topological polar surface area (TPSA) is 3.24 Å². The van der Waals surface area contributed by atoms with Gasteiger partial charge in [-0.05, 0) is 11.6 Å². The van der Waals surface area contributed by atoms with Gasteiger partial charge in [-0.1, -0.05) is 24.3 Å². The smallest absolute Gasteiger partial charge is 0.0575 e. The van der Waals surface area contributed by atoms with E-state index in [1.807, 2.05) is 12.1 Å². The summed E-state index contributed by atoms with van der Waals surface area (Å²) in [4.78, 5) is 3.26. The van der Waals surface area contributed by atoms with E-state index in [1.165, 1.54) is 11.3 Å². The van der Waals surface area contributed by atoms with E-state index >= 15 is 0 Å². The number of rotatable bonds is 0. The fraction of sp³-hybridized carbons (Fsp3) is 0.200. The Balaban J connectivity index is 2.62. The normalized spacial score (nSPS) is 14.7. The van der Waals surface area contributed by atoms with Crippen LogP contribution in [0.15, 0.2) is 29.2 Å². The Labute approximate surface area is 78.1 Å². The minimum absolute atomic E-state index is 0.977. The molecule has 0 spiro atoms. The molecule has 0 saturated carbocycles. The van der Waals surface area contributed by atoms with Gasteiger partial charge in [0.2, 0.25) is 0 Å². The second kappa shape index (κ2) is 2.87. The number of hydrogen-bond acceptors (Lipinski definition) is 2. The number of anilines is 1. The lowest BCUT2D eigenvalue weighted by atomic mass is 10.1. The molecule has 1 heterocycles. The van der Waals surface area contributed by atoms with Crippen LogP contribution in [0, 0.1) is 0 Å². The number of nitrogens with zero attached hydrogens (tertiary/aromatic N) is 1. The maximum atomic E-state index is 4.42. The van der Waals surface area contributed by atoms with Gasteiger partial charge in [-0.15, -0.1) is 12.6 Å². The highest BCUT2D eigenvalue weighted by atomic mass is 32.1. The summed E-state index contributed by atoms with van der Waals surface area (Å²) >= 11 is 4.42. The van der Waals surface area contributed by atoms with E-state index in [4.69, 9.17) is 0 Å². The van der Waals surface area contributed by atoms with Crippen LogP contribution in [-0.2, 0) is 0 Å². The molecule has 1 aromatic rings. The Morgan fingerprint density at radius 2 is 2.25 bits per heavy atom. The van der Waals surface area contributed by atoms with Crippen molar-refractivity contribution in [1.82, 2.24) is 0 Å². The second-order valence-electron chi connectivity index (χ2n) is 3.00. The molecular weight excluding hydrogens is 166 g/mol. The van der Waals surface area contributed by atoms with Crippen molar-refractivity contribution in [3.05, 3.63) is 29.8 Å². The first-order valence-electron chi connectivity index (χ1n) is 3.98. The standard InChI is InChI=1S/C10H11NS/c1-11-7-3-5-8-4-2-6-9(12)10(8)11/h2-6,12H,7H2,1H3. The summed E-state index contributed by atoms with van der Waals surface area (Å²) in [7, 11) is 2.09. The van der Waals surface area contributed by atoms with Gasteiger partial charge in [-0.2, -0.15) is 0 Å². The van der Waals surface area contributed by atoms with E-state index < -0.39 is 0 Å². The maximum Gasteiger partial charge on any atom is 0.0575 e. The molecule has 0 unspecified atom stereocenters. The van der Waals surface area contributed by atoms with Crippen LogP contribution in [-0.4, -0.2) is 13.6 Å². The van der Waals surface area contributed by atoms with Gasteiger partial charge in [-0.3, -0.25) is 0 Å². The zero-order valence-electron chi connectivity index (χ0n) is 6.99. The lowest BCUT2D eigenvalue weighted by Crippen LogP contribution is -2.20. The highest BCUT2D eigenvalue weighted by Crippen LogP contribution is 2.30. The summed E-state index contributed by atoms with van der Waals surface area (Å²) in [6.07, 6.45) is 4.31. The maximum absolute atomic E-state index is 4.42. The monoisotopic (exact) mass is 177 g/mol. The summed E-state index contributed by atoms with van der Waals surface area (Å²) in [6, 6.07) is 6.17. The van der Waals surface area contributed by atoms with E-state index in [9.17, 15) is 0 Å². The summed E-state index contributed by atoms with van der Waals surface area (Å²) in [6.45, 7) is 0.977. The number of likely N-dealkylation sites (N-methyl/N-ethyl adjacent to an activating group) is 1. The number of para-hydroxylation sites is 1. The Hall–Kier alpha value is -0.890. The molecule has 62 valence electrons. The van der Waals surface area contributed by atoms with Crippen molar-refractivity contribution >= 4 is 24.4 Å². The molecule has 12 heavy (non-hydrogen) atoms. The molecule has 0 atom stereocenters. The highest BCUT2D eigenvalue weighted by Gasteiger charge is 2.10. The van der Waals surface area contributed by atoms with Crippen molar-refractivity contribution in [3.8, 4) is 0 Å². The number of hydrogen-bond donors (Lipinski definition) is 1. The lowest BCUT2D eigenvalue weighted by molar-refractivity contribution is 0.998. The van der Waals surface area contributed by atoms with E-state index in [0.717, 1.165) is 11.4 Å². The molecule has 0 aromatic heterocycles. The Bertz CT molecular complexity index is 331. The number of thiol groups is 1. The zero-order valence-corrected chi connectivity index (χ0v) is 7.88. The Kier molecular flexibility index (Phi) is 1.85. The van der Waals surface area contributed by atoms with Crippen LogP contribution >= 0.6 is 12.6 Å². The Morgan fingerprint density at radius 1 is 1.42 bits per heavy atom. The minimum Gasteiger partial charge on any atom is -0.369 e. The van der Waals surface area contributed by atoms with Crippen LogP contribution in [0.1, 0.15) is 5.56 Å². The van der Waals surface area contributed by atoms with Gasteiger partial charge >= 0.3 is 0 Å². The first-order chi connectivity index (χ1) is 5.79. The fourth-order valence-electron chi connectivity index (χ4n) is 1.53. The molecule has 0 fully saturated rings. The first kappa shape index (κ1) is 7.74. The van der Waals surface area contributed by atoms with Crippen LogP contribution in [0.3, 0.4) is 0 Å². The van der Waals surface area contributed by atoms with Gasteiger partial charge in [-0.25, -0.2) is 0 Å². The van der Waals surface area contributed by atoms with Crippen molar-refractivity contribution in [1.29, 1.82) is 0 Å². The van der Waals surface area contributed by atoms with E-state index in [-0.39, 0.29) is 0 Å². The van der Waals surface area contributed by atoms with Crippen LogP contribution in [0.5, 0.6) is 0 Å². The van der Waals surface area contributed by atoms with Crippen molar-refractivity contribution in [3.63, 3.8) is 0 Å². The molecular formula is C10H11NS. The fourth-order valence-corrected chi connectivity index (χ4v) is 1.91. The molecule has 2 heteroatoms. The molecule has 0 saturated heterocycles. The van der Waals surface area contributed by atoms with Crippen LogP contribution in [0.2, 0.25) is 0 Å². The third kappa shape index (κ3) is 1.12. The third-order valence-corrected chi connectivity index (χ3v) is 2.47. The molecule has 1 nitrogen and oxygen atoms in total. The van der Waals surface area contributed by atoms with E-state index in [1.54, 1.807) is 0 Å². The van der Waals surface area contributed by atoms with Crippen LogP contribution in [0.25, 0.3) is 6.08 Å². The molecule has 0 bridgehead atoms. The van der Waals surface area contributed by atoms with E-state index in [2.05, 4.69) is 42.8 Å². The summed E-state index contributed by atoms with van der Waals surface area (Å²) in [5.41, 5.74) is 2.50. The molecule has 0 aliphatic carbocycles. The lowest BCUT2D eigenvalue weighted by Gasteiger charge is -2.24. The van der Waals surface area contributed by atoms with Gasteiger partial charge in [0.05, 0.1) is 5.69 Å². The van der Waals surface area contributed by atoms with Crippen molar-refractivity contribution in [2.24, 2.45) is 0 Å². The number of fused-ring (bicyclic) bond motifs is 1. The first-order valence-corrected chi connectivity index (χ1v) is 4.43. The summed E-state index contributed by atoms with van der Waals surface area (Å²) < 4.78 is 0. The Morgan fingerprint density at radius 3 is 3.00 bits per heavy atom. The highest BCUT2D eigenvalue weighted by molar-refractivity contribution is 7.80. The van der Waals surface area contributed by atoms with Crippen LogP contribution < -0.4 is 4.90 Å². The SMILES string of the molecule is CN1CC=Cc2cccc(S)c21. The van der Waals surface area contributed by atoms with Gasteiger partial charge in [0.25, 0.3) is 0 Å². The average molecular weight is 177 g/mol. The molecule has 0 N–H and O–H groups in total. The van der Waals surface area contributed by atoms with Crippen molar-refractivity contribution in [2.75, 3.05) is 18.5 Å². The van der Waals surface area contributed by atoms with Crippen molar-refractivity contribution in [2.45, 2.75) is 4.90 Å². The molecule has 1 aliphatic heterocycles. The molecule has 0 amide bonds. The predicted octanol–water partition coefficient (Wildman–Crippen LogP) is 2.44. The van der Waals surface area contributed by atoms with Crippen molar-refractivity contribution < 1.29 is 0 Å². The van der Waals surface area contributed by atoms with Gasteiger partial charge in [0.1, 0.15) is 0 Å². The molecule has 2 rings (SSSR count). The number of benzene rings is 1. The van der Waals surface area contributed by atoms with E-state index in [0.29, 0.717) is 0 Å². The average Bonchev–Trinajstić information content (AvgIpc) is 2.04. The quantitative estimate of drug-likeness (QED) is 0.596. The summed E-state index contributed by atoms with van der Waals surface area (Å²) in [5.74, 6) is 0.